The molecule has 6 nitrogen and oxygen atoms in total. The van der Waals surface area contributed by atoms with Crippen LogP contribution < -0.4 is 16.2 Å². The van der Waals surface area contributed by atoms with Crippen LogP contribution in [0.4, 0.5) is 24.9 Å². The van der Waals surface area contributed by atoms with Crippen LogP contribution in [0.25, 0.3) is 11.3 Å². The van der Waals surface area contributed by atoms with Gasteiger partial charge in [0.1, 0.15) is 23.2 Å². The van der Waals surface area contributed by atoms with Gasteiger partial charge in [0, 0.05) is 5.56 Å². The molecule has 1 aromatic heterocycles. The van der Waals surface area contributed by atoms with Crippen LogP contribution in [-0.4, -0.2) is 16.3 Å². The first-order valence-corrected chi connectivity index (χ1v) is 5.49. The highest BCUT2D eigenvalue weighted by Gasteiger charge is 2.31. The summed E-state index contributed by atoms with van der Waals surface area (Å²) in [5.74, 6) is -0.632. The van der Waals surface area contributed by atoms with Crippen LogP contribution in [0.3, 0.4) is 0 Å². The molecule has 0 amide bonds. The topological polar surface area (TPSA) is 111 Å². The van der Waals surface area contributed by atoms with Crippen LogP contribution in [0.1, 0.15) is 5.56 Å². The number of alkyl halides is 3. The molecule has 0 atom stereocenters. The summed E-state index contributed by atoms with van der Waals surface area (Å²) in [4.78, 5) is 7.53. The maximum atomic E-state index is 12.1. The number of nitrogens with two attached hydrogens (primary N) is 2. The van der Waals surface area contributed by atoms with Gasteiger partial charge in [0.15, 0.2) is 0 Å². The smallest absolute Gasteiger partial charge is 0.406 e. The second-order valence-corrected chi connectivity index (χ2v) is 3.87. The number of hydrogen-bond donors (Lipinski definition) is 2. The minimum Gasteiger partial charge on any atom is -0.406 e. The van der Waals surface area contributed by atoms with Gasteiger partial charge in [0.05, 0.1) is 5.69 Å². The molecule has 0 unspecified atom stereocenters. The Labute approximate surface area is 116 Å². The Morgan fingerprint density at radius 1 is 1.10 bits per heavy atom. The van der Waals surface area contributed by atoms with Gasteiger partial charge in [0.2, 0.25) is 5.95 Å². The number of nitrogen functional groups attached to an aromatic ring is 2. The van der Waals surface area contributed by atoms with E-state index in [1.54, 1.807) is 0 Å². The number of nitrogens with zero attached hydrogens (tertiary/aromatic N) is 3. The second kappa shape index (κ2) is 5.16. The number of ether oxygens (including phenoxy) is 1. The molecule has 2 rings (SSSR count). The molecule has 0 saturated carbocycles. The largest absolute Gasteiger partial charge is 0.573 e. The molecule has 0 saturated heterocycles. The van der Waals surface area contributed by atoms with Gasteiger partial charge in [-0.05, 0) is 24.3 Å². The average Bonchev–Trinajstić information content (AvgIpc) is 2.37. The molecule has 21 heavy (non-hydrogen) atoms. The van der Waals surface area contributed by atoms with E-state index in [0.717, 1.165) is 12.1 Å². The number of rotatable bonds is 2. The fourth-order valence-corrected chi connectivity index (χ4v) is 1.63. The summed E-state index contributed by atoms with van der Waals surface area (Å²) in [5, 5.41) is 9.03. The van der Waals surface area contributed by atoms with Gasteiger partial charge < -0.3 is 16.2 Å². The van der Waals surface area contributed by atoms with Crippen molar-refractivity contribution in [3.63, 3.8) is 0 Å². The molecule has 1 aromatic carbocycles. The second-order valence-electron chi connectivity index (χ2n) is 3.87. The number of halogens is 3. The molecule has 0 fully saturated rings. The maximum absolute atomic E-state index is 12.1. The third-order valence-corrected chi connectivity index (χ3v) is 2.43. The van der Waals surface area contributed by atoms with Crippen LogP contribution in [0.5, 0.6) is 5.75 Å². The Bertz CT molecular complexity index is 707. The van der Waals surface area contributed by atoms with E-state index in [2.05, 4.69) is 14.7 Å². The van der Waals surface area contributed by atoms with Gasteiger partial charge in [-0.1, -0.05) is 0 Å². The zero-order valence-corrected chi connectivity index (χ0v) is 10.3. The Balaban J connectivity index is 2.42. The first-order valence-electron chi connectivity index (χ1n) is 5.49. The van der Waals surface area contributed by atoms with Crippen molar-refractivity contribution in [1.29, 1.82) is 5.26 Å². The van der Waals surface area contributed by atoms with Gasteiger partial charge in [-0.3, -0.25) is 0 Å². The van der Waals surface area contributed by atoms with Crippen LogP contribution in [0.15, 0.2) is 24.3 Å². The summed E-state index contributed by atoms with van der Waals surface area (Å²) in [7, 11) is 0. The normalized spacial score (nSPS) is 11.0. The standard InChI is InChI=1S/C12H8F3N5O/c13-12(14,15)21-7-3-1-6(2-4-7)9-8(5-16)10(17)20-11(18)19-9/h1-4H,(H4,17,18,19,20). The minimum atomic E-state index is -4.77. The third-order valence-electron chi connectivity index (χ3n) is 2.43. The van der Waals surface area contributed by atoms with E-state index in [1.165, 1.54) is 12.1 Å². The first-order chi connectivity index (χ1) is 9.80. The van der Waals surface area contributed by atoms with Crippen LogP contribution in [0, 0.1) is 11.3 Å². The van der Waals surface area contributed by atoms with E-state index in [9.17, 15) is 13.2 Å². The number of benzene rings is 1. The summed E-state index contributed by atoms with van der Waals surface area (Å²) in [6.07, 6.45) is -4.77. The summed E-state index contributed by atoms with van der Waals surface area (Å²) in [5.41, 5.74) is 11.5. The highest BCUT2D eigenvalue weighted by atomic mass is 19.4. The van der Waals surface area contributed by atoms with E-state index in [4.69, 9.17) is 16.7 Å². The molecule has 0 bridgehead atoms. The third kappa shape index (κ3) is 3.30. The molecule has 108 valence electrons. The Morgan fingerprint density at radius 3 is 2.24 bits per heavy atom. The van der Waals surface area contributed by atoms with E-state index in [0.29, 0.717) is 5.56 Å². The highest BCUT2D eigenvalue weighted by Crippen LogP contribution is 2.28. The fourth-order valence-electron chi connectivity index (χ4n) is 1.63. The lowest BCUT2D eigenvalue weighted by molar-refractivity contribution is -0.274. The van der Waals surface area contributed by atoms with Crippen molar-refractivity contribution in [3.8, 4) is 23.1 Å². The lowest BCUT2D eigenvalue weighted by atomic mass is 10.1. The number of hydrogen-bond acceptors (Lipinski definition) is 6. The predicted molar refractivity (Wildman–Crippen MR) is 67.7 cm³/mol. The van der Waals surface area contributed by atoms with E-state index in [-0.39, 0.29) is 28.8 Å². The van der Waals surface area contributed by atoms with Gasteiger partial charge >= 0.3 is 6.36 Å². The summed E-state index contributed by atoms with van der Waals surface area (Å²) >= 11 is 0. The van der Waals surface area contributed by atoms with E-state index < -0.39 is 6.36 Å². The summed E-state index contributed by atoms with van der Waals surface area (Å²) < 4.78 is 40.0. The number of anilines is 2. The van der Waals surface area contributed by atoms with Gasteiger partial charge in [-0.25, -0.2) is 4.98 Å². The quantitative estimate of drug-likeness (QED) is 0.877. The maximum Gasteiger partial charge on any atom is 0.573 e. The zero-order chi connectivity index (χ0) is 15.6. The first kappa shape index (κ1) is 14.4. The van der Waals surface area contributed by atoms with Gasteiger partial charge in [0.25, 0.3) is 0 Å². The van der Waals surface area contributed by atoms with Crippen molar-refractivity contribution >= 4 is 11.8 Å². The number of nitriles is 1. The number of aromatic nitrogens is 2. The van der Waals surface area contributed by atoms with Gasteiger partial charge in [-0.2, -0.15) is 10.2 Å². The van der Waals surface area contributed by atoms with Crippen molar-refractivity contribution in [1.82, 2.24) is 9.97 Å². The molecule has 9 heteroatoms. The van der Waals surface area contributed by atoms with Crippen molar-refractivity contribution in [3.05, 3.63) is 29.8 Å². The molecule has 0 aliphatic carbocycles. The SMILES string of the molecule is N#Cc1c(N)nc(N)nc1-c1ccc(OC(F)(F)F)cc1. The molecule has 2 aromatic rings. The lowest BCUT2D eigenvalue weighted by Gasteiger charge is -2.10. The Morgan fingerprint density at radius 2 is 1.71 bits per heavy atom. The zero-order valence-electron chi connectivity index (χ0n) is 10.3. The molecule has 0 aliphatic heterocycles. The van der Waals surface area contributed by atoms with Crippen molar-refractivity contribution < 1.29 is 17.9 Å². The fraction of sp³-hybridized carbons (Fsp3) is 0.0833. The Hall–Kier alpha value is -3.02. The summed E-state index contributed by atoms with van der Waals surface area (Å²) in [6.45, 7) is 0. The highest BCUT2D eigenvalue weighted by molar-refractivity contribution is 5.73. The molecule has 0 spiro atoms. The molecule has 1 heterocycles. The predicted octanol–water partition coefficient (Wildman–Crippen LogP) is 2.08. The van der Waals surface area contributed by atoms with Crippen LogP contribution in [-0.2, 0) is 0 Å². The van der Waals surface area contributed by atoms with Crippen molar-refractivity contribution in [2.75, 3.05) is 11.5 Å². The molecule has 0 radical (unpaired) electrons. The van der Waals surface area contributed by atoms with Crippen molar-refractivity contribution in [2.45, 2.75) is 6.36 Å². The summed E-state index contributed by atoms with van der Waals surface area (Å²) in [6, 6.07) is 6.63. The lowest BCUT2D eigenvalue weighted by Crippen LogP contribution is -2.16. The molecule has 4 N–H and O–H groups in total. The van der Waals surface area contributed by atoms with E-state index >= 15 is 0 Å². The van der Waals surface area contributed by atoms with Crippen LogP contribution >= 0.6 is 0 Å². The van der Waals surface area contributed by atoms with E-state index in [1.807, 2.05) is 6.07 Å². The average molecular weight is 295 g/mol. The van der Waals surface area contributed by atoms with Crippen LogP contribution in [0.2, 0.25) is 0 Å². The minimum absolute atomic E-state index is 0.00584. The van der Waals surface area contributed by atoms with Crippen molar-refractivity contribution in [2.24, 2.45) is 0 Å². The Kier molecular flexibility index (Phi) is 3.54. The molecule has 0 aliphatic rings. The molecular weight excluding hydrogens is 287 g/mol. The van der Waals surface area contributed by atoms with Gasteiger partial charge in [-0.15, -0.1) is 13.2 Å². The monoisotopic (exact) mass is 295 g/mol. The molecular formula is C12H8F3N5O.